The van der Waals surface area contributed by atoms with Crippen molar-refractivity contribution in [1.82, 2.24) is 15.1 Å². The van der Waals surface area contributed by atoms with Gasteiger partial charge in [0.25, 0.3) is 0 Å². The van der Waals surface area contributed by atoms with Crippen LogP contribution in [0.5, 0.6) is 0 Å². The standard InChI is InChI=1S/C11H20ClN3S/c1-8(5-6-16-4)13-7-10-11(12)9(2)14-15(10)3/h8,13H,5-7H2,1-4H3. The van der Waals surface area contributed by atoms with E-state index in [2.05, 4.69) is 23.6 Å². The first-order valence-corrected chi connectivity index (χ1v) is 7.23. The van der Waals surface area contributed by atoms with Crippen LogP contribution in [-0.4, -0.2) is 27.8 Å². The highest BCUT2D eigenvalue weighted by Gasteiger charge is 2.11. The first-order chi connectivity index (χ1) is 7.56. The van der Waals surface area contributed by atoms with Gasteiger partial charge in [0.15, 0.2) is 0 Å². The zero-order valence-corrected chi connectivity index (χ0v) is 12.0. The Morgan fingerprint density at radius 3 is 2.75 bits per heavy atom. The van der Waals surface area contributed by atoms with E-state index in [0.29, 0.717) is 6.04 Å². The van der Waals surface area contributed by atoms with E-state index in [-0.39, 0.29) is 0 Å². The van der Waals surface area contributed by atoms with Crippen molar-refractivity contribution in [2.24, 2.45) is 7.05 Å². The fourth-order valence-electron chi connectivity index (χ4n) is 1.54. The normalized spacial score (nSPS) is 13.1. The third-order valence-corrected chi connectivity index (χ3v) is 3.77. The molecule has 92 valence electrons. The molecule has 0 aliphatic carbocycles. The van der Waals surface area contributed by atoms with Gasteiger partial charge >= 0.3 is 0 Å². The van der Waals surface area contributed by atoms with Gasteiger partial charge in [-0.3, -0.25) is 4.68 Å². The molecule has 0 aliphatic heterocycles. The van der Waals surface area contributed by atoms with E-state index in [4.69, 9.17) is 11.6 Å². The van der Waals surface area contributed by atoms with E-state index in [9.17, 15) is 0 Å². The number of hydrogen-bond acceptors (Lipinski definition) is 3. The number of nitrogens with zero attached hydrogens (tertiary/aromatic N) is 2. The van der Waals surface area contributed by atoms with Crippen molar-refractivity contribution in [3.63, 3.8) is 0 Å². The van der Waals surface area contributed by atoms with Crippen LogP contribution in [0.4, 0.5) is 0 Å². The monoisotopic (exact) mass is 261 g/mol. The third-order valence-electron chi connectivity index (χ3n) is 2.63. The number of nitrogens with one attached hydrogen (secondary N) is 1. The fourth-order valence-corrected chi connectivity index (χ4v) is 2.36. The minimum absolute atomic E-state index is 0.513. The third kappa shape index (κ3) is 3.68. The van der Waals surface area contributed by atoms with Gasteiger partial charge in [0.05, 0.1) is 16.4 Å². The molecule has 0 spiro atoms. The molecule has 1 rings (SSSR count). The molecule has 3 nitrogen and oxygen atoms in total. The molecule has 0 bridgehead atoms. The van der Waals surface area contributed by atoms with Crippen molar-refractivity contribution in [2.75, 3.05) is 12.0 Å². The molecule has 0 saturated carbocycles. The molecule has 1 aromatic heterocycles. The molecule has 1 heterocycles. The molecule has 1 N–H and O–H groups in total. The quantitative estimate of drug-likeness (QED) is 0.854. The summed E-state index contributed by atoms with van der Waals surface area (Å²) >= 11 is 8.05. The molecule has 0 amide bonds. The van der Waals surface area contributed by atoms with E-state index >= 15 is 0 Å². The average Bonchev–Trinajstić information content (AvgIpc) is 2.48. The van der Waals surface area contributed by atoms with Crippen LogP contribution in [-0.2, 0) is 13.6 Å². The van der Waals surface area contributed by atoms with Crippen molar-refractivity contribution in [3.05, 3.63) is 16.4 Å². The summed E-state index contributed by atoms with van der Waals surface area (Å²) in [6.45, 7) is 4.92. The SMILES string of the molecule is CSCCC(C)NCc1c(Cl)c(C)nn1C. The van der Waals surface area contributed by atoms with Gasteiger partial charge in [-0.25, -0.2) is 0 Å². The maximum atomic E-state index is 6.17. The number of rotatable bonds is 6. The molecule has 0 saturated heterocycles. The van der Waals surface area contributed by atoms with Gasteiger partial charge < -0.3 is 5.32 Å². The van der Waals surface area contributed by atoms with Crippen LogP contribution in [0.1, 0.15) is 24.7 Å². The summed E-state index contributed by atoms with van der Waals surface area (Å²) in [6, 6.07) is 0.513. The number of thioether (sulfide) groups is 1. The average molecular weight is 262 g/mol. The molecule has 0 aromatic carbocycles. The van der Waals surface area contributed by atoms with E-state index in [1.165, 1.54) is 12.2 Å². The molecular weight excluding hydrogens is 242 g/mol. The van der Waals surface area contributed by atoms with Gasteiger partial charge in [-0.1, -0.05) is 11.6 Å². The van der Waals surface area contributed by atoms with Crippen LogP contribution in [0, 0.1) is 6.92 Å². The highest BCUT2D eigenvalue weighted by molar-refractivity contribution is 7.98. The van der Waals surface area contributed by atoms with Gasteiger partial charge in [-0.05, 0) is 32.3 Å². The maximum Gasteiger partial charge on any atom is 0.0860 e. The summed E-state index contributed by atoms with van der Waals surface area (Å²) in [4.78, 5) is 0. The Morgan fingerprint density at radius 2 is 2.25 bits per heavy atom. The minimum Gasteiger partial charge on any atom is -0.309 e. The maximum absolute atomic E-state index is 6.17. The fraction of sp³-hybridized carbons (Fsp3) is 0.727. The van der Waals surface area contributed by atoms with Crippen LogP contribution in [0.15, 0.2) is 0 Å². The minimum atomic E-state index is 0.513. The largest absolute Gasteiger partial charge is 0.309 e. The Bertz CT molecular complexity index is 338. The van der Waals surface area contributed by atoms with Crippen molar-refractivity contribution < 1.29 is 0 Å². The summed E-state index contributed by atoms with van der Waals surface area (Å²) in [6.07, 6.45) is 3.31. The highest BCUT2D eigenvalue weighted by Crippen LogP contribution is 2.19. The highest BCUT2D eigenvalue weighted by atomic mass is 35.5. The van der Waals surface area contributed by atoms with E-state index in [1.807, 2.05) is 30.4 Å². The first kappa shape index (κ1) is 13.9. The molecule has 16 heavy (non-hydrogen) atoms. The lowest BCUT2D eigenvalue weighted by atomic mass is 10.2. The number of aryl methyl sites for hydroxylation is 2. The van der Waals surface area contributed by atoms with Gasteiger partial charge in [0.1, 0.15) is 0 Å². The van der Waals surface area contributed by atoms with Gasteiger partial charge in [0.2, 0.25) is 0 Å². The zero-order valence-electron chi connectivity index (χ0n) is 10.4. The summed E-state index contributed by atoms with van der Waals surface area (Å²) in [5.74, 6) is 1.19. The summed E-state index contributed by atoms with van der Waals surface area (Å²) in [5, 5.41) is 8.55. The second-order valence-electron chi connectivity index (χ2n) is 4.03. The Hall–Kier alpha value is -0.190. The summed E-state index contributed by atoms with van der Waals surface area (Å²) < 4.78 is 1.85. The topological polar surface area (TPSA) is 29.9 Å². The van der Waals surface area contributed by atoms with E-state index < -0.39 is 0 Å². The van der Waals surface area contributed by atoms with Crippen LogP contribution >= 0.6 is 23.4 Å². The van der Waals surface area contributed by atoms with Crippen molar-refractivity contribution in [3.8, 4) is 0 Å². The number of aromatic nitrogens is 2. The predicted molar refractivity (Wildman–Crippen MR) is 72.3 cm³/mol. The van der Waals surface area contributed by atoms with Gasteiger partial charge in [-0.2, -0.15) is 16.9 Å². The Balaban J connectivity index is 2.48. The molecule has 0 radical (unpaired) electrons. The lowest BCUT2D eigenvalue weighted by Crippen LogP contribution is -2.27. The lowest BCUT2D eigenvalue weighted by molar-refractivity contribution is 0.519. The number of halogens is 1. The van der Waals surface area contributed by atoms with Crippen LogP contribution in [0.25, 0.3) is 0 Å². The second-order valence-corrected chi connectivity index (χ2v) is 5.40. The Morgan fingerprint density at radius 1 is 1.56 bits per heavy atom. The van der Waals surface area contributed by atoms with Crippen LogP contribution in [0.3, 0.4) is 0 Å². The Kier molecular flexibility index (Phi) is 5.66. The molecule has 0 fully saturated rings. The molecule has 0 aliphatic rings. The van der Waals surface area contributed by atoms with E-state index in [0.717, 1.165) is 23.0 Å². The van der Waals surface area contributed by atoms with Crippen molar-refractivity contribution in [2.45, 2.75) is 32.9 Å². The molecule has 1 unspecified atom stereocenters. The predicted octanol–water partition coefficient (Wildman–Crippen LogP) is 2.61. The van der Waals surface area contributed by atoms with Crippen molar-refractivity contribution in [1.29, 1.82) is 0 Å². The van der Waals surface area contributed by atoms with Gasteiger partial charge in [0, 0.05) is 19.6 Å². The van der Waals surface area contributed by atoms with E-state index in [1.54, 1.807) is 0 Å². The molecule has 1 aromatic rings. The second kappa shape index (κ2) is 6.52. The van der Waals surface area contributed by atoms with Crippen LogP contribution in [0.2, 0.25) is 5.02 Å². The molecule has 1 atom stereocenters. The zero-order chi connectivity index (χ0) is 12.1. The lowest BCUT2D eigenvalue weighted by Gasteiger charge is -2.13. The number of hydrogen-bond donors (Lipinski definition) is 1. The molecule has 5 heteroatoms. The Labute approximate surface area is 107 Å². The summed E-state index contributed by atoms with van der Waals surface area (Å²) in [5.41, 5.74) is 1.97. The summed E-state index contributed by atoms with van der Waals surface area (Å²) in [7, 11) is 1.93. The van der Waals surface area contributed by atoms with Crippen molar-refractivity contribution >= 4 is 23.4 Å². The van der Waals surface area contributed by atoms with Gasteiger partial charge in [-0.15, -0.1) is 0 Å². The first-order valence-electron chi connectivity index (χ1n) is 5.46. The molecular formula is C11H20ClN3S. The van der Waals surface area contributed by atoms with Crippen LogP contribution < -0.4 is 5.32 Å². The smallest absolute Gasteiger partial charge is 0.0860 e.